The maximum Gasteiger partial charge on any atom is 0.243 e. The van der Waals surface area contributed by atoms with Crippen LogP contribution in [0.2, 0.25) is 0 Å². The molecule has 0 saturated carbocycles. The molecular weight excluding hydrogens is 468 g/mol. The molecule has 4 aromatic rings. The quantitative estimate of drug-likeness (QED) is 0.219. The second-order valence-electron chi connectivity index (χ2n) is 7.95. The number of carbonyl (C=O) groups is 1. The van der Waals surface area contributed by atoms with Crippen LogP contribution in [0.25, 0.3) is 0 Å². The Kier molecular flexibility index (Phi) is 9.66. The van der Waals surface area contributed by atoms with Gasteiger partial charge in [0.2, 0.25) is 5.91 Å². The highest BCUT2D eigenvalue weighted by Crippen LogP contribution is 2.24. The molecule has 37 heavy (non-hydrogen) atoms. The number of carbonyl (C=O) groups excluding carboxylic acids is 1. The van der Waals surface area contributed by atoms with Crippen molar-refractivity contribution < 1.29 is 23.7 Å². The molecule has 0 aliphatic carbocycles. The lowest BCUT2D eigenvalue weighted by Gasteiger charge is -2.14. The number of rotatable bonds is 14. The molecule has 0 atom stereocenters. The number of anilines is 2. The maximum absolute atomic E-state index is 12.6. The SMILES string of the molecule is O=C(CNc1cccc(OCCOc2ccccc2)c1)Nc1ccccc1OCCOc1ccccc1. The number of para-hydroxylation sites is 4. The first-order chi connectivity index (χ1) is 18.3. The topological polar surface area (TPSA) is 78.1 Å². The number of nitrogens with one attached hydrogen (secondary N) is 2. The van der Waals surface area contributed by atoms with Gasteiger partial charge in [-0.05, 0) is 48.5 Å². The van der Waals surface area contributed by atoms with E-state index in [0.29, 0.717) is 43.6 Å². The fraction of sp³-hybridized carbons (Fsp3) is 0.167. The molecule has 7 nitrogen and oxygen atoms in total. The highest BCUT2D eigenvalue weighted by Gasteiger charge is 2.08. The van der Waals surface area contributed by atoms with E-state index in [9.17, 15) is 4.79 Å². The first-order valence-corrected chi connectivity index (χ1v) is 12.1. The molecule has 0 saturated heterocycles. The summed E-state index contributed by atoms with van der Waals surface area (Å²) in [5.41, 5.74) is 1.38. The van der Waals surface area contributed by atoms with Crippen molar-refractivity contribution in [3.63, 3.8) is 0 Å². The molecule has 0 heterocycles. The van der Waals surface area contributed by atoms with E-state index < -0.39 is 0 Å². The second kappa shape index (κ2) is 14.0. The van der Waals surface area contributed by atoms with Gasteiger partial charge in [0.25, 0.3) is 0 Å². The average Bonchev–Trinajstić information content (AvgIpc) is 2.94. The number of hydrogen-bond acceptors (Lipinski definition) is 6. The lowest BCUT2D eigenvalue weighted by Crippen LogP contribution is -2.22. The average molecular weight is 499 g/mol. The van der Waals surface area contributed by atoms with E-state index >= 15 is 0 Å². The maximum atomic E-state index is 12.6. The van der Waals surface area contributed by atoms with E-state index in [1.165, 1.54) is 0 Å². The highest BCUT2D eigenvalue weighted by molar-refractivity contribution is 5.95. The standard InChI is InChI=1S/C30H30N2O5/c33-30(32-28-16-7-8-17-29(28)37-21-20-35-26-13-5-2-6-14-26)23-31-24-10-9-15-27(22-24)36-19-18-34-25-11-3-1-4-12-25/h1-17,22,31H,18-21,23H2,(H,32,33). The van der Waals surface area contributed by atoms with Crippen molar-refractivity contribution in [3.05, 3.63) is 109 Å². The molecule has 0 unspecified atom stereocenters. The van der Waals surface area contributed by atoms with E-state index in [2.05, 4.69) is 10.6 Å². The Balaban J connectivity index is 1.19. The van der Waals surface area contributed by atoms with Crippen molar-refractivity contribution in [2.45, 2.75) is 0 Å². The van der Waals surface area contributed by atoms with Crippen molar-refractivity contribution in [1.29, 1.82) is 0 Å². The van der Waals surface area contributed by atoms with Gasteiger partial charge in [-0.3, -0.25) is 4.79 Å². The van der Waals surface area contributed by atoms with E-state index in [1.54, 1.807) is 6.07 Å². The number of amides is 1. The second-order valence-corrected chi connectivity index (χ2v) is 7.95. The molecule has 0 bridgehead atoms. The van der Waals surface area contributed by atoms with Crippen molar-refractivity contribution >= 4 is 17.3 Å². The Morgan fingerprint density at radius 1 is 0.568 bits per heavy atom. The van der Waals surface area contributed by atoms with Crippen LogP contribution in [0.5, 0.6) is 23.0 Å². The zero-order chi connectivity index (χ0) is 25.5. The molecule has 0 spiro atoms. The normalized spacial score (nSPS) is 10.3. The lowest BCUT2D eigenvalue weighted by molar-refractivity contribution is -0.114. The van der Waals surface area contributed by atoms with Crippen LogP contribution < -0.4 is 29.6 Å². The van der Waals surface area contributed by atoms with E-state index in [0.717, 1.165) is 17.2 Å². The Hall–Kier alpha value is -4.65. The number of hydrogen-bond donors (Lipinski definition) is 2. The third kappa shape index (κ3) is 8.81. The molecule has 2 N–H and O–H groups in total. The van der Waals surface area contributed by atoms with Crippen LogP contribution >= 0.6 is 0 Å². The largest absolute Gasteiger partial charge is 0.490 e. The Bertz CT molecular complexity index is 1230. The Labute approximate surface area is 217 Å². The number of ether oxygens (including phenoxy) is 4. The van der Waals surface area contributed by atoms with Crippen LogP contribution in [-0.2, 0) is 4.79 Å². The van der Waals surface area contributed by atoms with E-state index in [4.69, 9.17) is 18.9 Å². The summed E-state index contributed by atoms with van der Waals surface area (Å²) in [4.78, 5) is 12.6. The summed E-state index contributed by atoms with van der Waals surface area (Å²) in [5.74, 6) is 2.67. The summed E-state index contributed by atoms with van der Waals surface area (Å²) < 4.78 is 22.9. The van der Waals surface area contributed by atoms with Crippen LogP contribution in [0.3, 0.4) is 0 Å². The van der Waals surface area contributed by atoms with Gasteiger partial charge in [0.15, 0.2) is 0 Å². The fourth-order valence-corrected chi connectivity index (χ4v) is 3.43. The van der Waals surface area contributed by atoms with Crippen LogP contribution in [0, 0.1) is 0 Å². The molecule has 0 fully saturated rings. The van der Waals surface area contributed by atoms with Gasteiger partial charge < -0.3 is 29.6 Å². The van der Waals surface area contributed by atoms with Crippen molar-refractivity contribution in [1.82, 2.24) is 0 Å². The summed E-state index contributed by atoms with van der Waals surface area (Å²) in [6.45, 7) is 1.68. The zero-order valence-electron chi connectivity index (χ0n) is 20.5. The minimum Gasteiger partial charge on any atom is -0.490 e. The lowest BCUT2D eigenvalue weighted by atomic mass is 10.3. The Morgan fingerprint density at radius 3 is 1.78 bits per heavy atom. The molecular formula is C30H30N2O5. The summed E-state index contributed by atoms with van der Waals surface area (Å²) in [6, 6.07) is 33.9. The van der Waals surface area contributed by atoms with Crippen molar-refractivity contribution in [2.24, 2.45) is 0 Å². The van der Waals surface area contributed by atoms with Crippen LogP contribution in [0.15, 0.2) is 109 Å². The first kappa shape index (κ1) is 25.4. The minimum absolute atomic E-state index is 0.0893. The summed E-state index contributed by atoms with van der Waals surface area (Å²) in [5, 5.41) is 6.02. The fourth-order valence-electron chi connectivity index (χ4n) is 3.43. The van der Waals surface area contributed by atoms with E-state index in [1.807, 2.05) is 103 Å². The molecule has 0 radical (unpaired) electrons. The third-order valence-corrected chi connectivity index (χ3v) is 5.17. The zero-order valence-corrected chi connectivity index (χ0v) is 20.5. The van der Waals surface area contributed by atoms with Crippen molar-refractivity contribution in [3.8, 4) is 23.0 Å². The molecule has 7 heteroatoms. The molecule has 4 aromatic carbocycles. The van der Waals surface area contributed by atoms with Gasteiger partial charge in [-0.1, -0.05) is 54.6 Å². The molecule has 4 rings (SSSR count). The van der Waals surface area contributed by atoms with Crippen molar-refractivity contribution in [2.75, 3.05) is 43.6 Å². The smallest absolute Gasteiger partial charge is 0.243 e. The summed E-state index contributed by atoms with van der Waals surface area (Å²) in [6.07, 6.45) is 0. The third-order valence-electron chi connectivity index (χ3n) is 5.17. The van der Waals surface area contributed by atoms with Gasteiger partial charge in [-0.2, -0.15) is 0 Å². The minimum atomic E-state index is -0.195. The van der Waals surface area contributed by atoms with Crippen LogP contribution in [-0.4, -0.2) is 38.9 Å². The molecule has 1 amide bonds. The van der Waals surface area contributed by atoms with Crippen LogP contribution in [0.1, 0.15) is 0 Å². The number of benzene rings is 4. The first-order valence-electron chi connectivity index (χ1n) is 12.1. The van der Waals surface area contributed by atoms with Crippen LogP contribution in [0.4, 0.5) is 11.4 Å². The highest BCUT2D eigenvalue weighted by atomic mass is 16.5. The van der Waals surface area contributed by atoms with Gasteiger partial charge in [-0.25, -0.2) is 0 Å². The predicted molar refractivity (Wildman–Crippen MR) is 145 cm³/mol. The van der Waals surface area contributed by atoms with Gasteiger partial charge >= 0.3 is 0 Å². The van der Waals surface area contributed by atoms with E-state index in [-0.39, 0.29) is 12.5 Å². The monoisotopic (exact) mass is 498 g/mol. The van der Waals surface area contributed by atoms with Gasteiger partial charge in [0.05, 0.1) is 12.2 Å². The summed E-state index contributed by atoms with van der Waals surface area (Å²) >= 11 is 0. The molecule has 0 aromatic heterocycles. The molecule has 190 valence electrons. The molecule has 0 aliphatic rings. The predicted octanol–water partition coefficient (Wildman–Crippen LogP) is 5.65. The van der Waals surface area contributed by atoms with Gasteiger partial charge in [-0.15, -0.1) is 0 Å². The van der Waals surface area contributed by atoms with Gasteiger partial charge in [0, 0.05) is 11.8 Å². The molecule has 0 aliphatic heterocycles. The summed E-state index contributed by atoms with van der Waals surface area (Å²) in [7, 11) is 0. The van der Waals surface area contributed by atoms with Gasteiger partial charge in [0.1, 0.15) is 49.4 Å². The Morgan fingerprint density at radius 2 is 1.11 bits per heavy atom.